The monoisotopic (exact) mass is 265 g/mol. The number of rotatable bonds is 4. The highest BCUT2D eigenvalue weighted by molar-refractivity contribution is 5.71. The van der Waals surface area contributed by atoms with Gasteiger partial charge < -0.3 is 15.2 Å². The number of alkyl halides is 2. The van der Waals surface area contributed by atoms with E-state index in [0.29, 0.717) is 5.75 Å². The van der Waals surface area contributed by atoms with Gasteiger partial charge in [-0.05, 0) is 35.4 Å². The Bertz CT molecular complexity index is 573. The van der Waals surface area contributed by atoms with Crippen LogP contribution in [0.2, 0.25) is 0 Å². The van der Waals surface area contributed by atoms with Crippen molar-refractivity contribution in [3.05, 3.63) is 42.5 Å². The van der Waals surface area contributed by atoms with E-state index in [2.05, 4.69) is 4.74 Å². The molecule has 2 aromatic rings. The quantitative estimate of drug-likeness (QED) is 0.860. The fourth-order valence-corrected chi connectivity index (χ4v) is 1.73. The van der Waals surface area contributed by atoms with E-state index in [0.717, 1.165) is 11.1 Å². The molecule has 2 rings (SSSR count). The molecule has 2 aromatic carbocycles. The molecule has 0 amide bonds. The van der Waals surface area contributed by atoms with Crippen molar-refractivity contribution in [2.75, 3.05) is 12.8 Å². The van der Waals surface area contributed by atoms with Crippen molar-refractivity contribution in [2.24, 2.45) is 0 Å². The molecule has 3 nitrogen and oxygen atoms in total. The maximum Gasteiger partial charge on any atom is 0.387 e. The normalized spacial score (nSPS) is 10.5. The van der Waals surface area contributed by atoms with Crippen LogP contribution in [0.4, 0.5) is 14.5 Å². The van der Waals surface area contributed by atoms with Gasteiger partial charge in [-0.15, -0.1) is 0 Å². The molecule has 0 aromatic heterocycles. The van der Waals surface area contributed by atoms with E-state index < -0.39 is 6.61 Å². The summed E-state index contributed by atoms with van der Waals surface area (Å²) in [7, 11) is 1.58. The van der Waals surface area contributed by atoms with Crippen molar-refractivity contribution < 1.29 is 18.3 Å². The summed E-state index contributed by atoms with van der Waals surface area (Å²) in [6.07, 6.45) is 0. The molecule has 0 fully saturated rings. The summed E-state index contributed by atoms with van der Waals surface area (Å²) in [6, 6.07) is 12.1. The van der Waals surface area contributed by atoms with Gasteiger partial charge in [-0.25, -0.2) is 0 Å². The van der Waals surface area contributed by atoms with E-state index >= 15 is 0 Å². The first-order valence-electron chi connectivity index (χ1n) is 5.59. The lowest BCUT2D eigenvalue weighted by Gasteiger charge is -2.10. The summed E-state index contributed by atoms with van der Waals surface area (Å²) < 4.78 is 33.7. The lowest BCUT2D eigenvalue weighted by Crippen LogP contribution is -2.04. The summed E-state index contributed by atoms with van der Waals surface area (Å²) in [5.74, 6) is 0.686. The van der Waals surface area contributed by atoms with Crippen LogP contribution < -0.4 is 15.2 Å². The largest absolute Gasteiger partial charge is 0.497 e. The molecule has 0 spiro atoms. The van der Waals surface area contributed by atoms with Crippen LogP contribution in [0, 0.1) is 0 Å². The second-order valence-electron chi connectivity index (χ2n) is 3.86. The summed E-state index contributed by atoms with van der Waals surface area (Å²) >= 11 is 0. The maximum atomic E-state index is 12.1. The van der Waals surface area contributed by atoms with E-state index in [1.54, 1.807) is 19.2 Å². The van der Waals surface area contributed by atoms with Gasteiger partial charge in [0, 0.05) is 0 Å². The van der Waals surface area contributed by atoms with Crippen molar-refractivity contribution in [1.29, 1.82) is 0 Å². The van der Waals surface area contributed by atoms with Gasteiger partial charge in [0.05, 0.1) is 12.8 Å². The Morgan fingerprint density at radius 3 is 2.42 bits per heavy atom. The molecule has 0 unspecified atom stereocenters. The number of benzene rings is 2. The third-order valence-corrected chi connectivity index (χ3v) is 2.63. The fourth-order valence-electron chi connectivity index (χ4n) is 1.73. The first-order chi connectivity index (χ1) is 9.10. The molecule has 0 aliphatic heterocycles. The van der Waals surface area contributed by atoms with Gasteiger partial charge in [-0.3, -0.25) is 0 Å². The molecule has 0 aliphatic rings. The minimum Gasteiger partial charge on any atom is -0.497 e. The lowest BCUT2D eigenvalue weighted by atomic mass is 10.0. The van der Waals surface area contributed by atoms with Crippen LogP contribution >= 0.6 is 0 Å². The number of hydrogen-bond donors (Lipinski definition) is 1. The second kappa shape index (κ2) is 5.56. The predicted octanol–water partition coefficient (Wildman–Crippen LogP) is 3.55. The zero-order valence-corrected chi connectivity index (χ0v) is 10.3. The van der Waals surface area contributed by atoms with Crippen LogP contribution in [0.25, 0.3) is 11.1 Å². The Morgan fingerprint density at radius 2 is 1.79 bits per heavy atom. The summed E-state index contributed by atoms with van der Waals surface area (Å²) in [4.78, 5) is 0. The molecule has 0 radical (unpaired) electrons. The van der Waals surface area contributed by atoms with Gasteiger partial charge in [-0.1, -0.05) is 18.2 Å². The van der Waals surface area contributed by atoms with Gasteiger partial charge in [-0.2, -0.15) is 8.78 Å². The Morgan fingerprint density at radius 1 is 1.05 bits per heavy atom. The van der Waals surface area contributed by atoms with E-state index in [4.69, 9.17) is 10.5 Å². The molecule has 0 bridgehead atoms. The molecule has 100 valence electrons. The zero-order chi connectivity index (χ0) is 13.8. The molecule has 0 aliphatic carbocycles. The van der Waals surface area contributed by atoms with E-state index in [1.165, 1.54) is 6.07 Å². The van der Waals surface area contributed by atoms with Gasteiger partial charge in [0.25, 0.3) is 0 Å². The number of hydrogen-bond acceptors (Lipinski definition) is 3. The van der Waals surface area contributed by atoms with Crippen molar-refractivity contribution in [3.8, 4) is 22.6 Å². The van der Waals surface area contributed by atoms with Gasteiger partial charge in [0.1, 0.15) is 11.5 Å². The first kappa shape index (κ1) is 13.1. The lowest BCUT2D eigenvalue weighted by molar-refractivity contribution is -0.0493. The number of nitrogens with two attached hydrogens (primary N) is 1. The van der Waals surface area contributed by atoms with Crippen molar-refractivity contribution in [2.45, 2.75) is 6.61 Å². The van der Waals surface area contributed by atoms with Crippen molar-refractivity contribution >= 4 is 5.69 Å². The number of ether oxygens (including phenoxy) is 2. The molecule has 0 saturated heterocycles. The highest BCUT2D eigenvalue weighted by atomic mass is 19.3. The molecule has 19 heavy (non-hydrogen) atoms. The number of anilines is 1. The summed E-state index contributed by atoms with van der Waals surface area (Å²) in [5, 5.41) is 0. The standard InChI is InChI=1S/C14H13F2NO2/c1-18-11-4-2-3-9(7-11)10-5-6-13(12(17)8-10)19-14(15)16/h2-8,14H,17H2,1H3. The smallest absolute Gasteiger partial charge is 0.387 e. The molecule has 2 N–H and O–H groups in total. The van der Waals surface area contributed by atoms with Crippen molar-refractivity contribution in [1.82, 2.24) is 0 Å². The molecule has 0 heterocycles. The zero-order valence-electron chi connectivity index (χ0n) is 10.3. The van der Waals surface area contributed by atoms with Crippen LogP contribution in [-0.2, 0) is 0 Å². The Labute approximate surface area is 109 Å². The van der Waals surface area contributed by atoms with Crippen LogP contribution in [0.3, 0.4) is 0 Å². The van der Waals surface area contributed by atoms with Crippen LogP contribution in [0.15, 0.2) is 42.5 Å². The third-order valence-electron chi connectivity index (χ3n) is 2.63. The van der Waals surface area contributed by atoms with Crippen LogP contribution in [0.1, 0.15) is 0 Å². The summed E-state index contributed by atoms with van der Waals surface area (Å²) in [6.45, 7) is -2.88. The Kier molecular flexibility index (Phi) is 3.85. The fraction of sp³-hybridized carbons (Fsp3) is 0.143. The molecular weight excluding hydrogens is 252 g/mol. The Hall–Kier alpha value is -2.30. The average Bonchev–Trinajstić information content (AvgIpc) is 2.40. The van der Waals surface area contributed by atoms with E-state index in [-0.39, 0.29) is 11.4 Å². The van der Waals surface area contributed by atoms with Gasteiger partial charge >= 0.3 is 6.61 Å². The SMILES string of the molecule is COc1cccc(-c2ccc(OC(F)F)c(N)c2)c1. The molecule has 0 saturated carbocycles. The number of halogens is 2. The second-order valence-corrected chi connectivity index (χ2v) is 3.86. The minimum atomic E-state index is -2.88. The van der Waals surface area contributed by atoms with E-state index in [9.17, 15) is 8.78 Å². The average molecular weight is 265 g/mol. The van der Waals surface area contributed by atoms with Gasteiger partial charge in [0.2, 0.25) is 0 Å². The van der Waals surface area contributed by atoms with E-state index in [1.807, 2.05) is 24.3 Å². The Balaban J connectivity index is 2.33. The highest BCUT2D eigenvalue weighted by Gasteiger charge is 2.09. The predicted molar refractivity (Wildman–Crippen MR) is 69.5 cm³/mol. The van der Waals surface area contributed by atoms with Gasteiger partial charge in [0.15, 0.2) is 0 Å². The molecular formula is C14H13F2NO2. The molecule has 5 heteroatoms. The molecule has 0 atom stereocenters. The third kappa shape index (κ3) is 3.13. The van der Waals surface area contributed by atoms with Crippen LogP contribution in [0.5, 0.6) is 11.5 Å². The first-order valence-corrected chi connectivity index (χ1v) is 5.59. The maximum absolute atomic E-state index is 12.1. The van der Waals surface area contributed by atoms with Crippen molar-refractivity contribution in [3.63, 3.8) is 0 Å². The minimum absolute atomic E-state index is 0.0263. The topological polar surface area (TPSA) is 44.5 Å². The highest BCUT2D eigenvalue weighted by Crippen LogP contribution is 2.30. The number of methoxy groups -OCH3 is 1. The van der Waals surface area contributed by atoms with Crippen LogP contribution in [-0.4, -0.2) is 13.7 Å². The number of nitrogen functional groups attached to an aromatic ring is 1. The summed E-state index contributed by atoms with van der Waals surface area (Å²) in [5.41, 5.74) is 7.54.